The molecular formula is C9H10N2O3S. The van der Waals surface area contributed by atoms with Crippen molar-refractivity contribution in [1.29, 1.82) is 0 Å². The van der Waals surface area contributed by atoms with E-state index < -0.39 is 11.9 Å². The number of anilines is 1. The normalized spacial score (nSPS) is 23.5. The Kier molecular flexibility index (Phi) is 2.44. The first-order valence-electron chi connectivity index (χ1n) is 4.53. The molecule has 2 N–H and O–H groups in total. The minimum absolute atomic E-state index is 0.239. The van der Waals surface area contributed by atoms with Crippen LogP contribution in [0.2, 0.25) is 0 Å². The van der Waals surface area contributed by atoms with Gasteiger partial charge in [0.25, 0.3) is 0 Å². The SMILES string of the molecule is Cc1csc(NC(=O)[C@@H]2C[C@@H]2C(=O)O)n1. The molecule has 1 heterocycles. The first-order valence-corrected chi connectivity index (χ1v) is 5.41. The van der Waals surface area contributed by atoms with Gasteiger partial charge in [0, 0.05) is 5.38 Å². The van der Waals surface area contributed by atoms with E-state index in [0.29, 0.717) is 11.6 Å². The van der Waals surface area contributed by atoms with Gasteiger partial charge in [-0.05, 0) is 13.3 Å². The molecule has 1 aromatic heterocycles. The maximum Gasteiger partial charge on any atom is 0.307 e. The number of aromatic nitrogens is 1. The third-order valence-electron chi connectivity index (χ3n) is 2.29. The number of carboxylic acid groups (broad SMARTS) is 1. The minimum atomic E-state index is -0.898. The van der Waals surface area contributed by atoms with Crippen molar-refractivity contribution < 1.29 is 14.7 Å². The Hall–Kier alpha value is -1.43. The molecule has 1 aromatic rings. The number of hydrogen-bond acceptors (Lipinski definition) is 4. The number of carbonyl (C=O) groups excluding carboxylic acids is 1. The van der Waals surface area contributed by atoms with Crippen LogP contribution in [-0.2, 0) is 9.59 Å². The van der Waals surface area contributed by atoms with Gasteiger partial charge in [-0.2, -0.15) is 0 Å². The molecule has 0 bridgehead atoms. The molecule has 6 heteroatoms. The molecule has 0 radical (unpaired) electrons. The van der Waals surface area contributed by atoms with Crippen LogP contribution in [0.4, 0.5) is 5.13 Å². The van der Waals surface area contributed by atoms with Crippen LogP contribution >= 0.6 is 11.3 Å². The van der Waals surface area contributed by atoms with Crippen LogP contribution in [0.5, 0.6) is 0 Å². The predicted molar refractivity (Wildman–Crippen MR) is 54.7 cm³/mol. The smallest absolute Gasteiger partial charge is 0.307 e. The fourth-order valence-electron chi connectivity index (χ4n) is 1.37. The Labute approximate surface area is 90.1 Å². The van der Waals surface area contributed by atoms with Crippen molar-refractivity contribution in [3.8, 4) is 0 Å². The van der Waals surface area contributed by atoms with Gasteiger partial charge >= 0.3 is 5.97 Å². The second-order valence-corrected chi connectivity index (χ2v) is 4.43. The number of aryl methyl sites for hydroxylation is 1. The van der Waals surface area contributed by atoms with Crippen LogP contribution in [0, 0.1) is 18.8 Å². The highest BCUT2D eigenvalue weighted by Crippen LogP contribution is 2.39. The van der Waals surface area contributed by atoms with E-state index in [9.17, 15) is 9.59 Å². The molecule has 2 rings (SSSR count). The highest BCUT2D eigenvalue weighted by atomic mass is 32.1. The van der Waals surface area contributed by atoms with Gasteiger partial charge in [-0.25, -0.2) is 4.98 Å². The second-order valence-electron chi connectivity index (χ2n) is 3.57. The lowest BCUT2D eigenvalue weighted by Gasteiger charge is -1.98. The fraction of sp³-hybridized carbons (Fsp3) is 0.444. The first-order chi connectivity index (χ1) is 7.08. The van der Waals surface area contributed by atoms with E-state index in [-0.39, 0.29) is 11.8 Å². The summed E-state index contributed by atoms with van der Waals surface area (Å²) in [5.74, 6) is -2.03. The zero-order valence-electron chi connectivity index (χ0n) is 8.06. The van der Waals surface area contributed by atoms with Crippen molar-refractivity contribution in [2.75, 3.05) is 5.32 Å². The highest BCUT2D eigenvalue weighted by molar-refractivity contribution is 7.13. The summed E-state index contributed by atoms with van der Waals surface area (Å²) in [6.45, 7) is 1.84. The molecular weight excluding hydrogens is 216 g/mol. The van der Waals surface area contributed by atoms with E-state index in [1.165, 1.54) is 11.3 Å². The Morgan fingerprint density at radius 2 is 2.33 bits per heavy atom. The minimum Gasteiger partial charge on any atom is -0.481 e. The fourth-order valence-corrected chi connectivity index (χ4v) is 2.06. The van der Waals surface area contributed by atoms with E-state index in [4.69, 9.17) is 5.11 Å². The van der Waals surface area contributed by atoms with Gasteiger partial charge in [0.2, 0.25) is 5.91 Å². The zero-order valence-corrected chi connectivity index (χ0v) is 8.87. The summed E-state index contributed by atoms with van der Waals surface area (Å²) in [6.07, 6.45) is 0.436. The molecule has 1 amide bonds. The van der Waals surface area contributed by atoms with Crippen molar-refractivity contribution in [1.82, 2.24) is 4.98 Å². The van der Waals surface area contributed by atoms with E-state index in [2.05, 4.69) is 10.3 Å². The molecule has 1 aliphatic carbocycles. The first kappa shape index (κ1) is 10.1. The molecule has 0 aliphatic heterocycles. The molecule has 1 aliphatic rings. The molecule has 0 saturated heterocycles. The van der Waals surface area contributed by atoms with Crippen LogP contribution in [-0.4, -0.2) is 22.0 Å². The summed E-state index contributed by atoms with van der Waals surface area (Å²) in [4.78, 5) is 26.1. The van der Waals surface area contributed by atoms with Gasteiger partial charge in [-0.15, -0.1) is 11.3 Å². The molecule has 80 valence electrons. The number of amides is 1. The lowest BCUT2D eigenvalue weighted by atomic mass is 10.3. The average molecular weight is 226 g/mol. The van der Waals surface area contributed by atoms with Crippen molar-refractivity contribution in [2.45, 2.75) is 13.3 Å². The van der Waals surface area contributed by atoms with Crippen LogP contribution in [0.15, 0.2) is 5.38 Å². The van der Waals surface area contributed by atoms with E-state index in [1.54, 1.807) is 0 Å². The van der Waals surface area contributed by atoms with Gasteiger partial charge in [0.15, 0.2) is 5.13 Å². The Morgan fingerprint density at radius 3 is 2.80 bits per heavy atom. The quantitative estimate of drug-likeness (QED) is 0.809. The number of nitrogens with zero attached hydrogens (tertiary/aromatic N) is 1. The molecule has 0 aromatic carbocycles. The number of nitrogens with one attached hydrogen (secondary N) is 1. The molecule has 1 fully saturated rings. The van der Waals surface area contributed by atoms with Crippen LogP contribution in [0.25, 0.3) is 0 Å². The van der Waals surface area contributed by atoms with E-state index >= 15 is 0 Å². The lowest BCUT2D eigenvalue weighted by molar-refractivity contribution is -0.139. The maximum atomic E-state index is 11.5. The van der Waals surface area contributed by atoms with Crippen molar-refractivity contribution >= 4 is 28.3 Å². The van der Waals surface area contributed by atoms with Crippen LogP contribution < -0.4 is 5.32 Å². The van der Waals surface area contributed by atoms with Crippen LogP contribution in [0.3, 0.4) is 0 Å². The molecule has 0 unspecified atom stereocenters. The summed E-state index contributed by atoms with van der Waals surface area (Å²) < 4.78 is 0. The largest absolute Gasteiger partial charge is 0.481 e. The number of carbonyl (C=O) groups is 2. The Balaban J connectivity index is 1.92. The van der Waals surface area contributed by atoms with Crippen molar-refractivity contribution in [3.63, 3.8) is 0 Å². The number of carboxylic acids is 1. The number of hydrogen-bond donors (Lipinski definition) is 2. The number of aliphatic carboxylic acids is 1. The lowest BCUT2D eigenvalue weighted by Crippen LogP contribution is -2.16. The molecule has 2 atom stereocenters. The number of rotatable bonds is 3. The third-order valence-corrected chi connectivity index (χ3v) is 3.17. The zero-order chi connectivity index (χ0) is 11.0. The molecule has 1 saturated carbocycles. The Morgan fingerprint density at radius 1 is 1.60 bits per heavy atom. The summed E-state index contributed by atoms with van der Waals surface area (Å²) in [5, 5.41) is 13.6. The molecule has 5 nitrogen and oxygen atoms in total. The maximum absolute atomic E-state index is 11.5. The third kappa shape index (κ3) is 2.15. The topological polar surface area (TPSA) is 79.3 Å². The van der Waals surface area contributed by atoms with E-state index in [1.807, 2.05) is 12.3 Å². The van der Waals surface area contributed by atoms with Crippen molar-refractivity contribution in [2.24, 2.45) is 11.8 Å². The van der Waals surface area contributed by atoms with Gasteiger partial charge in [-0.1, -0.05) is 0 Å². The summed E-state index contributed by atoms with van der Waals surface area (Å²) >= 11 is 1.34. The monoisotopic (exact) mass is 226 g/mol. The van der Waals surface area contributed by atoms with Crippen LogP contribution in [0.1, 0.15) is 12.1 Å². The van der Waals surface area contributed by atoms with E-state index in [0.717, 1.165) is 5.69 Å². The standard InChI is InChI=1S/C9H10N2O3S/c1-4-3-15-9(10-4)11-7(12)5-2-6(5)8(13)14/h3,5-6H,2H2,1H3,(H,13,14)(H,10,11,12)/t5-,6+/m1/s1. The van der Waals surface area contributed by atoms with Gasteiger partial charge in [0.05, 0.1) is 17.5 Å². The van der Waals surface area contributed by atoms with Gasteiger partial charge in [0.1, 0.15) is 0 Å². The predicted octanol–water partition coefficient (Wildman–Crippen LogP) is 1.11. The average Bonchev–Trinajstić information content (AvgIpc) is 2.86. The van der Waals surface area contributed by atoms with Gasteiger partial charge in [-0.3, -0.25) is 9.59 Å². The van der Waals surface area contributed by atoms with Crippen molar-refractivity contribution in [3.05, 3.63) is 11.1 Å². The molecule has 15 heavy (non-hydrogen) atoms. The number of thiazole rings is 1. The summed E-state index contributed by atoms with van der Waals surface area (Å²) in [6, 6.07) is 0. The Bertz CT molecular complexity index is 415. The molecule has 0 spiro atoms. The highest BCUT2D eigenvalue weighted by Gasteiger charge is 2.48. The summed E-state index contributed by atoms with van der Waals surface area (Å²) in [5.41, 5.74) is 0.848. The summed E-state index contributed by atoms with van der Waals surface area (Å²) in [7, 11) is 0. The van der Waals surface area contributed by atoms with Gasteiger partial charge < -0.3 is 10.4 Å². The second kappa shape index (κ2) is 3.62.